The molecule has 0 heterocycles. The third-order valence-electron chi connectivity index (χ3n) is 1.23. The van der Waals surface area contributed by atoms with Gasteiger partial charge in [0.2, 0.25) is 0 Å². The van der Waals surface area contributed by atoms with Crippen LogP contribution >= 0.6 is 11.6 Å². The maximum absolute atomic E-state index is 12.8. The van der Waals surface area contributed by atoms with Crippen LogP contribution in [0.3, 0.4) is 0 Å². The molecule has 62 valence electrons. The molecule has 0 unspecified atom stereocenters. The van der Waals surface area contributed by atoms with E-state index in [0.29, 0.717) is 0 Å². The monoisotopic (exact) mass is 188 g/mol. The third kappa shape index (κ3) is 1.72. The molecule has 0 spiro atoms. The van der Waals surface area contributed by atoms with Crippen molar-refractivity contribution < 1.29 is 8.78 Å². The van der Waals surface area contributed by atoms with Crippen LogP contribution < -0.4 is 0 Å². The Morgan fingerprint density at radius 2 is 2.08 bits per heavy atom. The van der Waals surface area contributed by atoms with Crippen molar-refractivity contribution >= 4 is 11.6 Å². The van der Waals surface area contributed by atoms with E-state index < -0.39 is 11.6 Å². The van der Waals surface area contributed by atoms with Gasteiger partial charge >= 0.3 is 6.07 Å². The summed E-state index contributed by atoms with van der Waals surface area (Å²) in [5.41, 5.74) is -0.0671. The van der Waals surface area contributed by atoms with Gasteiger partial charge in [-0.2, -0.15) is 0 Å². The van der Waals surface area contributed by atoms with Gasteiger partial charge in [-0.25, -0.2) is 8.78 Å². The molecule has 0 aliphatic carbocycles. The van der Waals surface area contributed by atoms with E-state index in [2.05, 4.69) is 10.9 Å². The summed E-state index contributed by atoms with van der Waals surface area (Å²) in [7, 11) is 1.41. The molecule has 1 aromatic rings. The Kier molecular flexibility index (Phi) is 2.61. The molecule has 0 fully saturated rings. The van der Waals surface area contributed by atoms with Crippen LogP contribution in [0.15, 0.2) is 12.1 Å². The van der Waals surface area contributed by atoms with Crippen LogP contribution in [-0.2, 0) is 0 Å². The molecular weight excluding hydrogens is 184 g/mol. The van der Waals surface area contributed by atoms with Gasteiger partial charge in [0.1, 0.15) is 5.56 Å². The fourth-order valence-electron chi connectivity index (χ4n) is 0.758. The van der Waals surface area contributed by atoms with Crippen molar-refractivity contribution in [2.24, 2.45) is 0 Å². The van der Waals surface area contributed by atoms with Gasteiger partial charge in [0, 0.05) is 5.02 Å². The molecular formula is C8H5ClF2N+. The molecule has 0 atom stereocenters. The number of hydrogen-bond donors (Lipinski definition) is 0. The van der Waals surface area contributed by atoms with Gasteiger partial charge in [0.25, 0.3) is 7.05 Å². The largest absolute Gasteiger partial charge is 0.313 e. The highest BCUT2D eigenvalue weighted by molar-refractivity contribution is 6.30. The summed E-state index contributed by atoms with van der Waals surface area (Å²) in [4.78, 5) is 3.43. The molecule has 0 aliphatic rings. The zero-order valence-corrected chi connectivity index (χ0v) is 6.99. The normalized spacial score (nSPS) is 9.00. The lowest BCUT2D eigenvalue weighted by Gasteiger charge is -1.93. The maximum Gasteiger partial charge on any atom is 0.313 e. The highest BCUT2D eigenvalue weighted by atomic mass is 35.5. The van der Waals surface area contributed by atoms with E-state index in [1.807, 2.05) is 0 Å². The third-order valence-corrected chi connectivity index (χ3v) is 1.44. The minimum atomic E-state index is -0.992. The molecule has 12 heavy (non-hydrogen) atoms. The fourth-order valence-corrected chi connectivity index (χ4v) is 0.963. The molecule has 0 amide bonds. The second-order valence-electron chi connectivity index (χ2n) is 2.08. The van der Waals surface area contributed by atoms with E-state index in [4.69, 9.17) is 11.6 Å². The van der Waals surface area contributed by atoms with Crippen LogP contribution in [0.5, 0.6) is 0 Å². The molecule has 4 heteroatoms. The Balaban J connectivity index is 3.34. The zero-order chi connectivity index (χ0) is 9.14. The van der Waals surface area contributed by atoms with Crippen molar-refractivity contribution in [1.82, 2.24) is 0 Å². The average Bonchev–Trinajstić information content (AvgIpc) is 2.00. The van der Waals surface area contributed by atoms with Crippen LogP contribution in [0.2, 0.25) is 5.02 Å². The Labute approximate surface area is 73.4 Å². The first-order valence-corrected chi connectivity index (χ1v) is 3.52. The molecule has 0 saturated carbocycles. The topological polar surface area (TPSA) is 4.36 Å². The van der Waals surface area contributed by atoms with Gasteiger partial charge in [-0.3, -0.25) is 0 Å². The van der Waals surface area contributed by atoms with E-state index >= 15 is 0 Å². The quantitative estimate of drug-likeness (QED) is 0.552. The van der Waals surface area contributed by atoms with Crippen LogP contribution in [0, 0.1) is 17.7 Å². The number of rotatable bonds is 0. The first kappa shape index (κ1) is 8.95. The van der Waals surface area contributed by atoms with E-state index in [1.54, 1.807) is 0 Å². The SMILES string of the molecule is C[N+]#Cc1cc(Cl)cc(F)c1F. The van der Waals surface area contributed by atoms with Gasteiger partial charge < -0.3 is 0 Å². The van der Waals surface area contributed by atoms with Crippen molar-refractivity contribution in [2.75, 3.05) is 7.05 Å². The Morgan fingerprint density at radius 1 is 1.42 bits per heavy atom. The van der Waals surface area contributed by atoms with Gasteiger partial charge in [-0.15, -0.1) is 0 Å². The van der Waals surface area contributed by atoms with E-state index in [-0.39, 0.29) is 10.6 Å². The Bertz CT molecular complexity index is 365. The Morgan fingerprint density at radius 3 is 2.67 bits per heavy atom. The van der Waals surface area contributed by atoms with Gasteiger partial charge in [0.05, 0.1) is 0 Å². The van der Waals surface area contributed by atoms with Crippen molar-refractivity contribution in [2.45, 2.75) is 0 Å². The summed E-state index contributed by atoms with van der Waals surface area (Å²) >= 11 is 5.47. The minimum absolute atomic E-state index is 0.0671. The highest BCUT2D eigenvalue weighted by Crippen LogP contribution is 2.17. The second-order valence-corrected chi connectivity index (χ2v) is 2.52. The molecule has 0 saturated heterocycles. The molecule has 0 aliphatic heterocycles. The van der Waals surface area contributed by atoms with E-state index in [1.165, 1.54) is 13.1 Å². The lowest BCUT2D eigenvalue weighted by Crippen LogP contribution is -1.88. The number of nitrogens with zero attached hydrogens (tertiary/aromatic N) is 1. The minimum Gasteiger partial charge on any atom is -0.204 e. The average molecular weight is 189 g/mol. The summed E-state index contributed by atoms with van der Waals surface area (Å²) in [6.07, 6.45) is 0. The van der Waals surface area contributed by atoms with Crippen LogP contribution in [0.1, 0.15) is 5.56 Å². The number of halogens is 3. The fraction of sp³-hybridized carbons (Fsp3) is 0.125. The maximum atomic E-state index is 12.8. The van der Waals surface area contributed by atoms with Crippen molar-refractivity contribution in [3.63, 3.8) is 0 Å². The molecule has 0 bridgehead atoms. The number of hydrogen-bond acceptors (Lipinski definition) is 0. The van der Waals surface area contributed by atoms with Gasteiger partial charge in [0.15, 0.2) is 11.6 Å². The van der Waals surface area contributed by atoms with Crippen molar-refractivity contribution in [1.29, 1.82) is 0 Å². The van der Waals surface area contributed by atoms with Crippen LogP contribution in [0.25, 0.3) is 4.85 Å². The predicted molar refractivity (Wildman–Crippen MR) is 43.6 cm³/mol. The molecule has 0 radical (unpaired) electrons. The summed E-state index contributed by atoms with van der Waals surface area (Å²) in [5, 5.41) is 0.125. The number of benzene rings is 1. The molecule has 0 aromatic heterocycles. The van der Waals surface area contributed by atoms with E-state index in [0.717, 1.165) is 6.07 Å². The van der Waals surface area contributed by atoms with Crippen LogP contribution in [0.4, 0.5) is 8.78 Å². The lowest BCUT2D eigenvalue weighted by molar-refractivity contribution is 0.506. The summed E-state index contributed by atoms with van der Waals surface area (Å²) in [6.45, 7) is 0. The smallest absolute Gasteiger partial charge is 0.204 e. The molecule has 1 rings (SSSR count). The molecule has 1 nitrogen and oxygen atoms in total. The predicted octanol–water partition coefficient (Wildman–Crippen LogP) is 2.93. The first-order valence-electron chi connectivity index (χ1n) is 3.14. The summed E-state index contributed by atoms with van der Waals surface area (Å²) < 4.78 is 25.4. The van der Waals surface area contributed by atoms with Gasteiger partial charge in [-0.1, -0.05) is 16.4 Å². The Hall–Kier alpha value is -1.14. The summed E-state index contributed by atoms with van der Waals surface area (Å²) in [6, 6.07) is 4.44. The van der Waals surface area contributed by atoms with E-state index in [9.17, 15) is 8.78 Å². The lowest BCUT2D eigenvalue weighted by atomic mass is 10.2. The molecule has 1 aromatic carbocycles. The second kappa shape index (κ2) is 3.51. The van der Waals surface area contributed by atoms with Crippen molar-refractivity contribution in [3.05, 3.63) is 39.2 Å². The standard InChI is InChI=1S/C8H5ClF2N/c1-12-4-5-2-6(9)3-7(10)8(5)11/h2-3H,1H3/q+1. The van der Waals surface area contributed by atoms with Crippen molar-refractivity contribution in [3.8, 4) is 6.07 Å². The highest BCUT2D eigenvalue weighted by Gasteiger charge is 2.11. The van der Waals surface area contributed by atoms with Crippen LogP contribution in [-0.4, -0.2) is 7.05 Å². The zero-order valence-electron chi connectivity index (χ0n) is 6.24. The molecule has 0 N–H and O–H groups in total. The summed E-state index contributed by atoms with van der Waals surface area (Å²) in [5.74, 6) is -1.97. The first-order chi connectivity index (χ1) is 5.65. The van der Waals surface area contributed by atoms with Gasteiger partial charge in [-0.05, 0) is 12.1 Å².